The molecule has 7 nitrogen and oxygen atoms in total. The zero-order valence-electron chi connectivity index (χ0n) is 24.4. The third-order valence-corrected chi connectivity index (χ3v) is 9.44. The first-order valence-electron chi connectivity index (χ1n) is 14.2. The summed E-state index contributed by atoms with van der Waals surface area (Å²) in [5.74, 6) is -1.11. The molecule has 1 atom stereocenters. The molecule has 0 aliphatic heterocycles. The lowest BCUT2D eigenvalue weighted by atomic mass is 10.1. The summed E-state index contributed by atoms with van der Waals surface area (Å²) >= 11 is 0. The average molecular weight is 616 g/mol. The molecule has 1 aliphatic carbocycles. The minimum absolute atomic E-state index is 0.000771. The van der Waals surface area contributed by atoms with Crippen molar-refractivity contribution in [3.8, 4) is 0 Å². The number of sulfonamides is 1. The monoisotopic (exact) mass is 615 g/mol. The summed E-state index contributed by atoms with van der Waals surface area (Å²) in [6.07, 6.45) is -1.07. The van der Waals surface area contributed by atoms with Crippen molar-refractivity contribution in [1.29, 1.82) is 0 Å². The van der Waals surface area contributed by atoms with Gasteiger partial charge >= 0.3 is 6.18 Å². The van der Waals surface area contributed by atoms with Crippen LogP contribution in [0.2, 0.25) is 0 Å². The second-order valence-corrected chi connectivity index (χ2v) is 12.9. The molecule has 230 valence electrons. The highest BCUT2D eigenvalue weighted by atomic mass is 32.2. The first-order chi connectivity index (χ1) is 20.3. The number of halogens is 3. The third-order valence-electron chi connectivity index (χ3n) is 7.65. The van der Waals surface area contributed by atoms with Crippen molar-refractivity contribution in [3.05, 3.63) is 95.1 Å². The lowest BCUT2D eigenvalue weighted by Crippen LogP contribution is -2.52. The van der Waals surface area contributed by atoms with Gasteiger partial charge in [0, 0.05) is 12.6 Å². The summed E-state index contributed by atoms with van der Waals surface area (Å²) in [4.78, 5) is 28.4. The molecule has 0 aromatic heterocycles. The highest BCUT2D eigenvalue weighted by molar-refractivity contribution is 7.92. The molecule has 0 radical (unpaired) electrons. The molecule has 3 aromatic carbocycles. The molecule has 11 heteroatoms. The third kappa shape index (κ3) is 7.95. The van der Waals surface area contributed by atoms with Gasteiger partial charge in [-0.05, 0) is 69.5 Å². The molecule has 3 aromatic rings. The number of amides is 2. The number of aryl methyl sites for hydroxylation is 2. The van der Waals surface area contributed by atoms with E-state index in [9.17, 15) is 31.2 Å². The number of hydrogen-bond acceptors (Lipinski definition) is 4. The molecular formula is C32H36F3N3O4S. The van der Waals surface area contributed by atoms with Gasteiger partial charge in [-0.25, -0.2) is 8.42 Å². The quantitative estimate of drug-likeness (QED) is 0.304. The minimum Gasteiger partial charge on any atom is -0.352 e. The fourth-order valence-corrected chi connectivity index (χ4v) is 6.59. The number of rotatable bonds is 10. The molecule has 0 spiro atoms. The Hall–Kier alpha value is -3.86. The van der Waals surface area contributed by atoms with E-state index < -0.39 is 40.3 Å². The Morgan fingerprint density at radius 3 is 2.21 bits per heavy atom. The molecule has 43 heavy (non-hydrogen) atoms. The van der Waals surface area contributed by atoms with E-state index in [-0.39, 0.29) is 29.1 Å². The number of hydrogen-bond donors (Lipinski definition) is 1. The van der Waals surface area contributed by atoms with Gasteiger partial charge in [-0.1, -0.05) is 66.4 Å². The van der Waals surface area contributed by atoms with Crippen LogP contribution in [0.15, 0.2) is 77.7 Å². The summed E-state index contributed by atoms with van der Waals surface area (Å²) in [5.41, 5.74) is 1.07. The van der Waals surface area contributed by atoms with E-state index in [0.717, 1.165) is 54.5 Å². The minimum atomic E-state index is -4.73. The van der Waals surface area contributed by atoms with Crippen LogP contribution in [0, 0.1) is 13.8 Å². The maximum Gasteiger partial charge on any atom is 0.416 e. The number of alkyl halides is 3. The smallest absolute Gasteiger partial charge is 0.352 e. The Morgan fingerprint density at radius 1 is 0.930 bits per heavy atom. The summed E-state index contributed by atoms with van der Waals surface area (Å²) in [6.45, 7) is 4.41. The Balaban J connectivity index is 1.73. The molecule has 1 saturated carbocycles. The van der Waals surface area contributed by atoms with Crippen molar-refractivity contribution < 1.29 is 31.2 Å². The van der Waals surface area contributed by atoms with Crippen LogP contribution in [-0.4, -0.2) is 43.8 Å². The first-order valence-corrected chi connectivity index (χ1v) is 15.6. The normalized spacial score (nSPS) is 14.7. The number of nitrogens with zero attached hydrogens (tertiary/aromatic N) is 2. The van der Waals surface area contributed by atoms with Gasteiger partial charge in [0.25, 0.3) is 10.0 Å². The van der Waals surface area contributed by atoms with E-state index in [1.165, 1.54) is 23.1 Å². The maximum absolute atomic E-state index is 14.0. The molecule has 2 amide bonds. The van der Waals surface area contributed by atoms with Crippen molar-refractivity contribution in [2.24, 2.45) is 0 Å². The Labute approximate surface area is 250 Å². The van der Waals surface area contributed by atoms with Gasteiger partial charge in [0.05, 0.1) is 16.1 Å². The number of carbonyl (C=O) groups excluding carboxylic acids is 2. The van der Waals surface area contributed by atoms with Gasteiger partial charge in [0.2, 0.25) is 11.8 Å². The van der Waals surface area contributed by atoms with E-state index in [0.29, 0.717) is 10.4 Å². The van der Waals surface area contributed by atoms with Gasteiger partial charge in [0.1, 0.15) is 12.6 Å². The van der Waals surface area contributed by atoms with Crippen molar-refractivity contribution in [3.63, 3.8) is 0 Å². The SMILES string of the molecule is Cc1ccc(S(=O)(=O)N(CC(=O)N(Cc2cccc(C)c2)[C@@H](C)C(=O)NC2CCCC2)c2cccc(C(F)(F)F)c2)cc1. The van der Waals surface area contributed by atoms with E-state index in [2.05, 4.69) is 5.32 Å². The molecule has 1 aliphatic rings. The van der Waals surface area contributed by atoms with Crippen LogP contribution in [0.4, 0.5) is 18.9 Å². The molecule has 0 unspecified atom stereocenters. The molecule has 1 fully saturated rings. The van der Waals surface area contributed by atoms with Gasteiger partial charge in [-0.15, -0.1) is 0 Å². The summed E-state index contributed by atoms with van der Waals surface area (Å²) in [5, 5.41) is 2.99. The molecule has 0 bridgehead atoms. The number of benzene rings is 3. The second-order valence-electron chi connectivity index (χ2n) is 11.0. The highest BCUT2D eigenvalue weighted by Gasteiger charge is 2.35. The van der Waals surface area contributed by atoms with Crippen molar-refractivity contribution >= 4 is 27.5 Å². The van der Waals surface area contributed by atoms with Gasteiger partial charge in [-0.3, -0.25) is 13.9 Å². The number of nitrogens with one attached hydrogen (secondary N) is 1. The Kier molecular flexibility index (Phi) is 9.84. The lowest BCUT2D eigenvalue weighted by molar-refractivity contribution is -0.139. The zero-order valence-corrected chi connectivity index (χ0v) is 25.2. The summed E-state index contributed by atoms with van der Waals surface area (Å²) < 4.78 is 69.4. The lowest BCUT2D eigenvalue weighted by Gasteiger charge is -2.32. The number of anilines is 1. The van der Waals surface area contributed by atoms with Crippen molar-refractivity contribution in [1.82, 2.24) is 10.2 Å². The largest absolute Gasteiger partial charge is 0.416 e. The van der Waals surface area contributed by atoms with Crippen molar-refractivity contribution in [2.45, 2.75) is 76.2 Å². The van der Waals surface area contributed by atoms with Gasteiger partial charge in [0.15, 0.2) is 0 Å². The van der Waals surface area contributed by atoms with Crippen molar-refractivity contribution in [2.75, 3.05) is 10.8 Å². The topological polar surface area (TPSA) is 86.8 Å². The van der Waals surface area contributed by atoms with Gasteiger partial charge in [-0.2, -0.15) is 13.2 Å². The predicted octanol–water partition coefficient (Wildman–Crippen LogP) is 5.99. The Morgan fingerprint density at radius 2 is 1.58 bits per heavy atom. The number of carbonyl (C=O) groups is 2. The standard InChI is InChI=1S/C32H36F3N3O4S/c1-22-14-16-29(17-15-22)43(41,42)38(28-13-7-10-26(19-28)32(33,34)35)21-30(39)37(20-25-9-6-8-23(2)18-25)24(3)31(40)36-27-11-4-5-12-27/h6-10,13-19,24,27H,4-5,11-12,20-21H2,1-3H3,(H,36,40)/t24-/m0/s1. The second kappa shape index (κ2) is 13.2. The molecule has 0 heterocycles. The van der Waals surface area contributed by atoms with E-state index in [1.807, 2.05) is 25.1 Å². The molecule has 0 saturated heterocycles. The van der Waals surface area contributed by atoms with Crippen LogP contribution in [0.25, 0.3) is 0 Å². The van der Waals surface area contributed by atoms with Crippen LogP contribution in [0.3, 0.4) is 0 Å². The van der Waals surface area contributed by atoms with Crippen LogP contribution in [0.5, 0.6) is 0 Å². The molecular weight excluding hydrogens is 579 g/mol. The maximum atomic E-state index is 14.0. The fraction of sp³-hybridized carbons (Fsp3) is 0.375. The van der Waals surface area contributed by atoms with E-state index in [4.69, 9.17) is 0 Å². The molecule has 1 N–H and O–H groups in total. The fourth-order valence-electron chi connectivity index (χ4n) is 5.19. The van der Waals surface area contributed by atoms with Gasteiger partial charge < -0.3 is 10.2 Å². The predicted molar refractivity (Wildman–Crippen MR) is 159 cm³/mol. The summed E-state index contributed by atoms with van der Waals surface area (Å²) in [6, 6.07) is 16.1. The van der Waals surface area contributed by atoms with Crippen LogP contribution in [-0.2, 0) is 32.3 Å². The van der Waals surface area contributed by atoms with E-state index in [1.54, 1.807) is 32.0 Å². The highest BCUT2D eigenvalue weighted by Crippen LogP contribution is 2.33. The summed E-state index contributed by atoms with van der Waals surface area (Å²) in [7, 11) is -4.49. The average Bonchev–Trinajstić information content (AvgIpc) is 3.47. The van der Waals surface area contributed by atoms with Crippen LogP contribution >= 0.6 is 0 Å². The van der Waals surface area contributed by atoms with E-state index >= 15 is 0 Å². The van der Waals surface area contributed by atoms with Crippen LogP contribution in [0.1, 0.15) is 54.9 Å². The zero-order chi connectivity index (χ0) is 31.4. The first kappa shape index (κ1) is 32.1. The van der Waals surface area contributed by atoms with Crippen LogP contribution < -0.4 is 9.62 Å². The molecule has 4 rings (SSSR count). The Bertz CT molecular complexity index is 1550.